The third-order valence-corrected chi connectivity index (χ3v) is 1.30. The van der Waals surface area contributed by atoms with Crippen molar-refractivity contribution in [2.24, 2.45) is 5.41 Å². The van der Waals surface area contributed by atoms with Crippen molar-refractivity contribution in [3.63, 3.8) is 0 Å². The summed E-state index contributed by atoms with van der Waals surface area (Å²) < 4.78 is 59.4. The zero-order valence-corrected chi connectivity index (χ0v) is 6.39. The molecule has 0 nitrogen and oxygen atoms in total. The predicted octanol–water partition coefficient (Wildman–Crippen LogP) is 3.23. The molecule has 0 aromatic heterocycles. The molecule has 0 atom stereocenters. The van der Waals surface area contributed by atoms with Crippen LogP contribution < -0.4 is 0 Å². The zero-order chi connectivity index (χ0) is 9.50. The summed E-state index contributed by atoms with van der Waals surface area (Å²) in [6.45, 7) is 2.54. The molecule has 0 aromatic carbocycles. The number of hydrogen-bond donors (Lipinski definition) is 0. The molecule has 0 aliphatic carbocycles. The van der Waals surface area contributed by atoms with Gasteiger partial charge in [0, 0.05) is 5.41 Å². The van der Waals surface area contributed by atoms with Crippen LogP contribution in [0.15, 0.2) is 0 Å². The Kier molecular flexibility index (Phi) is 2.24. The monoisotopic (exact) mass is 176 g/mol. The van der Waals surface area contributed by atoms with Crippen molar-refractivity contribution < 1.29 is 22.0 Å². The summed E-state index contributed by atoms with van der Waals surface area (Å²) in [6.07, 6.45) is -5.45. The number of alkyl halides is 5. The van der Waals surface area contributed by atoms with E-state index in [-0.39, 0.29) is 0 Å². The fourth-order valence-corrected chi connectivity index (χ4v) is 0.425. The number of rotatable bonds is 0. The van der Waals surface area contributed by atoms with Crippen molar-refractivity contribution in [2.45, 2.75) is 32.9 Å². The van der Waals surface area contributed by atoms with Crippen LogP contribution in [0.25, 0.3) is 0 Å². The zero-order valence-electron chi connectivity index (χ0n) is 6.39. The second kappa shape index (κ2) is 2.32. The minimum absolute atomic E-state index is 0.848. The molecule has 0 fully saturated rings. The van der Waals surface area contributed by atoms with E-state index in [4.69, 9.17) is 0 Å². The summed E-state index contributed by atoms with van der Waals surface area (Å²) in [7, 11) is 0. The Morgan fingerprint density at radius 3 is 1.00 bits per heavy atom. The van der Waals surface area contributed by atoms with Gasteiger partial charge in [-0.05, 0) is 0 Å². The second-order valence-electron chi connectivity index (χ2n) is 3.32. The summed E-state index contributed by atoms with van der Waals surface area (Å²) >= 11 is 0. The fraction of sp³-hybridized carbons (Fsp3) is 1.00. The highest BCUT2D eigenvalue weighted by molar-refractivity contribution is 4.87. The number of halogens is 5. The molecule has 68 valence electrons. The van der Waals surface area contributed by atoms with Gasteiger partial charge in [0.15, 0.2) is 0 Å². The average Bonchev–Trinajstić information content (AvgIpc) is 1.58. The molecular formula is C6H9F5. The van der Waals surface area contributed by atoms with Gasteiger partial charge in [0.25, 0.3) is 0 Å². The van der Waals surface area contributed by atoms with Crippen LogP contribution in [0.2, 0.25) is 0 Å². The average molecular weight is 176 g/mol. The van der Waals surface area contributed by atoms with Crippen molar-refractivity contribution in [1.82, 2.24) is 0 Å². The van der Waals surface area contributed by atoms with Gasteiger partial charge in [-0.3, -0.25) is 0 Å². The Morgan fingerprint density at radius 1 is 0.727 bits per heavy atom. The van der Waals surface area contributed by atoms with E-state index in [2.05, 4.69) is 0 Å². The Balaban J connectivity index is 4.75. The standard InChI is InChI=1S/C6H9F5/c1-4(2,3)5(7,8)6(9,10)11/h1-3H3. The summed E-state index contributed by atoms with van der Waals surface area (Å²) in [4.78, 5) is 0. The van der Waals surface area contributed by atoms with Gasteiger partial charge in [-0.25, -0.2) is 0 Å². The van der Waals surface area contributed by atoms with E-state index >= 15 is 0 Å². The Morgan fingerprint density at radius 2 is 1.00 bits per heavy atom. The fourth-order valence-electron chi connectivity index (χ4n) is 0.425. The topological polar surface area (TPSA) is 0 Å². The number of hydrogen-bond acceptors (Lipinski definition) is 0. The summed E-state index contributed by atoms with van der Waals surface area (Å²) in [5, 5.41) is 0. The van der Waals surface area contributed by atoms with Gasteiger partial charge in [0.05, 0.1) is 0 Å². The van der Waals surface area contributed by atoms with Crippen LogP contribution in [0.1, 0.15) is 20.8 Å². The largest absolute Gasteiger partial charge is 0.453 e. The normalized spacial score (nSPS) is 15.3. The molecule has 0 saturated heterocycles. The molecule has 0 bridgehead atoms. The smallest absolute Gasteiger partial charge is 0.196 e. The van der Waals surface area contributed by atoms with E-state index in [1.54, 1.807) is 0 Å². The Bertz CT molecular complexity index is 122. The van der Waals surface area contributed by atoms with Gasteiger partial charge in [-0.1, -0.05) is 20.8 Å². The lowest BCUT2D eigenvalue weighted by Crippen LogP contribution is -2.47. The second-order valence-corrected chi connectivity index (χ2v) is 3.32. The van der Waals surface area contributed by atoms with Gasteiger partial charge in [-0.15, -0.1) is 0 Å². The van der Waals surface area contributed by atoms with Crippen LogP contribution >= 0.6 is 0 Å². The van der Waals surface area contributed by atoms with Crippen LogP contribution in [0.3, 0.4) is 0 Å². The van der Waals surface area contributed by atoms with Gasteiger partial charge in [0.2, 0.25) is 0 Å². The third-order valence-electron chi connectivity index (χ3n) is 1.30. The predicted molar refractivity (Wildman–Crippen MR) is 30.5 cm³/mol. The molecule has 0 radical (unpaired) electrons. The molecule has 0 heterocycles. The molecule has 0 N–H and O–H groups in total. The maximum atomic E-state index is 12.3. The summed E-state index contributed by atoms with van der Waals surface area (Å²) in [5.74, 6) is -4.62. The minimum atomic E-state index is -5.45. The lowest BCUT2D eigenvalue weighted by molar-refractivity contribution is -0.317. The lowest BCUT2D eigenvalue weighted by atomic mass is 9.88. The van der Waals surface area contributed by atoms with Gasteiger partial charge < -0.3 is 0 Å². The maximum Gasteiger partial charge on any atom is 0.453 e. The molecule has 0 amide bonds. The third kappa shape index (κ3) is 1.81. The molecular weight excluding hydrogens is 167 g/mol. The van der Waals surface area contributed by atoms with E-state index in [9.17, 15) is 22.0 Å². The van der Waals surface area contributed by atoms with Crippen LogP contribution in [0.5, 0.6) is 0 Å². The highest BCUT2D eigenvalue weighted by Crippen LogP contribution is 2.47. The highest BCUT2D eigenvalue weighted by Gasteiger charge is 2.64. The van der Waals surface area contributed by atoms with E-state index in [0.29, 0.717) is 0 Å². The minimum Gasteiger partial charge on any atom is -0.196 e. The van der Waals surface area contributed by atoms with Crippen molar-refractivity contribution in [1.29, 1.82) is 0 Å². The van der Waals surface area contributed by atoms with Crippen molar-refractivity contribution in [2.75, 3.05) is 0 Å². The first-order valence-electron chi connectivity index (χ1n) is 2.94. The van der Waals surface area contributed by atoms with Gasteiger partial charge in [0.1, 0.15) is 0 Å². The van der Waals surface area contributed by atoms with E-state index < -0.39 is 17.5 Å². The van der Waals surface area contributed by atoms with Crippen molar-refractivity contribution in [3.05, 3.63) is 0 Å². The lowest BCUT2D eigenvalue weighted by Gasteiger charge is -2.31. The van der Waals surface area contributed by atoms with Crippen LogP contribution in [-0.4, -0.2) is 12.1 Å². The molecule has 0 aliphatic rings. The van der Waals surface area contributed by atoms with Crippen LogP contribution in [0, 0.1) is 5.41 Å². The molecule has 0 aromatic rings. The molecule has 0 spiro atoms. The van der Waals surface area contributed by atoms with Crippen LogP contribution in [0.4, 0.5) is 22.0 Å². The molecule has 0 unspecified atom stereocenters. The molecule has 11 heavy (non-hydrogen) atoms. The van der Waals surface area contributed by atoms with Crippen molar-refractivity contribution in [3.8, 4) is 0 Å². The first kappa shape index (κ1) is 10.7. The van der Waals surface area contributed by atoms with E-state index in [1.807, 2.05) is 0 Å². The summed E-state index contributed by atoms with van der Waals surface area (Å²) in [5.41, 5.74) is -2.08. The molecule has 0 rings (SSSR count). The van der Waals surface area contributed by atoms with Crippen LogP contribution in [-0.2, 0) is 0 Å². The molecule has 5 heteroatoms. The first-order valence-corrected chi connectivity index (χ1v) is 2.94. The summed E-state index contributed by atoms with van der Waals surface area (Å²) in [6, 6.07) is 0. The quantitative estimate of drug-likeness (QED) is 0.497. The van der Waals surface area contributed by atoms with Crippen molar-refractivity contribution >= 4 is 0 Å². The molecule has 0 saturated carbocycles. The van der Waals surface area contributed by atoms with E-state index in [0.717, 1.165) is 20.8 Å². The van der Waals surface area contributed by atoms with E-state index in [1.165, 1.54) is 0 Å². The maximum absolute atomic E-state index is 12.3. The van der Waals surface area contributed by atoms with Gasteiger partial charge >= 0.3 is 12.1 Å². The SMILES string of the molecule is CC(C)(C)C(F)(F)C(F)(F)F. The molecule has 0 aliphatic heterocycles. The highest BCUT2D eigenvalue weighted by atomic mass is 19.4. The van der Waals surface area contributed by atoms with Gasteiger partial charge in [-0.2, -0.15) is 22.0 Å². The Hall–Kier alpha value is -0.350. The first-order chi connectivity index (χ1) is 4.50. The Labute approximate surface area is 61.4 Å².